The number of carbonyl (C=O) groups is 1. The molecule has 0 N–H and O–H groups in total. The van der Waals surface area contributed by atoms with Crippen molar-refractivity contribution in [2.24, 2.45) is 0 Å². The number of anilines is 1. The summed E-state index contributed by atoms with van der Waals surface area (Å²) in [6.45, 7) is 3.49. The van der Waals surface area contributed by atoms with Gasteiger partial charge in [-0.3, -0.25) is 4.79 Å². The summed E-state index contributed by atoms with van der Waals surface area (Å²) in [6.07, 6.45) is 0.546. The lowest BCUT2D eigenvalue weighted by Crippen LogP contribution is -2.39. The predicted octanol–water partition coefficient (Wildman–Crippen LogP) is 2.13. The second-order valence-electron chi connectivity index (χ2n) is 4.28. The molecule has 0 heterocycles. The largest absolute Gasteiger partial charge is 0.383 e. The van der Waals surface area contributed by atoms with Gasteiger partial charge in [-0.15, -0.1) is 0 Å². The van der Waals surface area contributed by atoms with E-state index in [9.17, 15) is 9.18 Å². The van der Waals surface area contributed by atoms with Crippen LogP contribution in [-0.2, 0) is 9.47 Å². The Balaban J connectivity index is 3.08. The van der Waals surface area contributed by atoms with Crippen LogP contribution in [-0.4, -0.2) is 46.3 Å². The Bertz CT molecular complexity index is 412. The molecule has 0 aliphatic rings. The average Bonchev–Trinajstić information content (AvgIpc) is 2.39. The average molecular weight is 269 g/mol. The van der Waals surface area contributed by atoms with Crippen LogP contribution in [0.2, 0.25) is 0 Å². The first kappa shape index (κ1) is 15.6. The molecule has 19 heavy (non-hydrogen) atoms. The van der Waals surface area contributed by atoms with E-state index >= 15 is 0 Å². The quantitative estimate of drug-likeness (QED) is 0.678. The fraction of sp³-hybridized carbons (Fsp3) is 0.500. The summed E-state index contributed by atoms with van der Waals surface area (Å²) in [5.41, 5.74) is 0.637. The van der Waals surface area contributed by atoms with Crippen LogP contribution in [0.5, 0.6) is 0 Å². The van der Waals surface area contributed by atoms with Crippen molar-refractivity contribution in [3.05, 3.63) is 29.6 Å². The molecule has 0 fully saturated rings. The van der Waals surface area contributed by atoms with Crippen LogP contribution in [0, 0.1) is 5.82 Å². The van der Waals surface area contributed by atoms with E-state index in [0.29, 0.717) is 31.7 Å². The van der Waals surface area contributed by atoms with Gasteiger partial charge in [0.15, 0.2) is 6.29 Å². The SMILES string of the molecule is COCCN(c1cccc(F)c1C=O)C(C)COC. The van der Waals surface area contributed by atoms with Crippen LogP contribution in [0.1, 0.15) is 17.3 Å². The summed E-state index contributed by atoms with van der Waals surface area (Å²) in [7, 11) is 3.21. The summed E-state index contributed by atoms with van der Waals surface area (Å²) < 4.78 is 23.8. The van der Waals surface area contributed by atoms with Gasteiger partial charge in [0.05, 0.1) is 24.5 Å². The molecule has 0 aromatic heterocycles. The number of halogens is 1. The van der Waals surface area contributed by atoms with Crippen molar-refractivity contribution in [1.82, 2.24) is 0 Å². The number of hydrogen-bond acceptors (Lipinski definition) is 4. The second kappa shape index (κ2) is 7.86. The third kappa shape index (κ3) is 4.01. The van der Waals surface area contributed by atoms with Crippen LogP contribution < -0.4 is 4.90 Å². The van der Waals surface area contributed by atoms with E-state index < -0.39 is 5.82 Å². The molecule has 106 valence electrons. The van der Waals surface area contributed by atoms with Gasteiger partial charge in [-0.25, -0.2) is 4.39 Å². The summed E-state index contributed by atoms with van der Waals surface area (Å²) in [5.74, 6) is -0.514. The van der Waals surface area contributed by atoms with E-state index in [1.165, 1.54) is 6.07 Å². The first-order valence-electron chi connectivity index (χ1n) is 6.13. The van der Waals surface area contributed by atoms with Crippen molar-refractivity contribution in [3.63, 3.8) is 0 Å². The van der Waals surface area contributed by atoms with Crippen molar-refractivity contribution in [1.29, 1.82) is 0 Å². The third-order valence-corrected chi connectivity index (χ3v) is 2.93. The molecule has 0 radical (unpaired) electrons. The molecule has 0 aliphatic heterocycles. The molecule has 1 aromatic carbocycles. The standard InChI is InChI=1S/C14H20FNO3/c1-11(10-19-3)16(7-8-18-2)14-6-4-5-13(15)12(14)9-17/h4-6,9,11H,7-8,10H2,1-3H3. The third-order valence-electron chi connectivity index (χ3n) is 2.93. The zero-order chi connectivity index (χ0) is 14.3. The summed E-state index contributed by atoms with van der Waals surface area (Å²) in [5, 5.41) is 0. The Labute approximate surface area is 113 Å². The van der Waals surface area contributed by atoms with Crippen LogP contribution in [0.25, 0.3) is 0 Å². The number of rotatable bonds is 8. The van der Waals surface area contributed by atoms with Gasteiger partial charge in [-0.2, -0.15) is 0 Å². The van der Waals surface area contributed by atoms with Crippen LogP contribution in [0.4, 0.5) is 10.1 Å². The Morgan fingerprint density at radius 3 is 2.68 bits per heavy atom. The Hall–Kier alpha value is -1.46. The lowest BCUT2D eigenvalue weighted by molar-refractivity contribution is 0.111. The lowest BCUT2D eigenvalue weighted by atomic mass is 10.1. The number of benzene rings is 1. The minimum Gasteiger partial charge on any atom is -0.383 e. The molecule has 1 atom stereocenters. The predicted molar refractivity (Wildman–Crippen MR) is 72.3 cm³/mol. The Morgan fingerprint density at radius 1 is 1.37 bits per heavy atom. The highest BCUT2D eigenvalue weighted by atomic mass is 19.1. The maximum Gasteiger partial charge on any atom is 0.155 e. The maximum absolute atomic E-state index is 13.7. The van der Waals surface area contributed by atoms with Crippen molar-refractivity contribution in [3.8, 4) is 0 Å². The monoisotopic (exact) mass is 269 g/mol. The van der Waals surface area contributed by atoms with E-state index in [1.54, 1.807) is 26.4 Å². The van der Waals surface area contributed by atoms with Gasteiger partial charge in [0.2, 0.25) is 0 Å². The summed E-state index contributed by atoms with van der Waals surface area (Å²) >= 11 is 0. The highest BCUT2D eigenvalue weighted by Crippen LogP contribution is 2.23. The molecular weight excluding hydrogens is 249 g/mol. The number of carbonyl (C=O) groups excluding carboxylic acids is 1. The van der Waals surface area contributed by atoms with E-state index in [0.717, 1.165) is 0 Å². The molecule has 0 aliphatic carbocycles. The topological polar surface area (TPSA) is 38.8 Å². The van der Waals surface area contributed by atoms with E-state index in [4.69, 9.17) is 9.47 Å². The van der Waals surface area contributed by atoms with Gasteiger partial charge in [0.25, 0.3) is 0 Å². The molecule has 0 bridgehead atoms. The highest BCUT2D eigenvalue weighted by molar-refractivity contribution is 5.85. The van der Waals surface area contributed by atoms with Crippen LogP contribution >= 0.6 is 0 Å². The van der Waals surface area contributed by atoms with Gasteiger partial charge >= 0.3 is 0 Å². The summed E-state index contributed by atoms with van der Waals surface area (Å²) in [6, 6.07) is 4.62. The van der Waals surface area contributed by atoms with Crippen LogP contribution in [0.15, 0.2) is 18.2 Å². The van der Waals surface area contributed by atoms with E-state index in [2.05, 4.69) is 0 Å². The molecule has 1 aromatic rings. The molecule has 0 saturated carbocycles. The number of methoxy groups -OCH3 is 2. The van der Waals surface area contributed by atoms with Crippen LogP contribution in [0.3, 0.4) is 0 Å². The highest BCUT2D eigenvalue weighted by Gasteiger charge is 2.19. The smallest absolute Gasteiger partial charge is 0.155 e. The molecule has 1 unspecified atom stereocenters. The number of aldehydes is 1. The molecule has 0 amide bonds. The number of hydrogen-bond donors (Lipinski definition) is 0. The van der Waals surface area contributed by atoms with Gasteiger partial charge in [-0.05, 0) is 19.1 Å². The molecule has 4 nitrogen and oxygen atoms in total. The first-order chi connectivity index (χ1) is 9.15. The fourth-order valence-electron chi connectivity index (χ4n) is 1.99. The molecular formula is C14H20FNO3. The minimum absolute atomic E-state index is 0.0145. The second-order valence-corrected chi connectivity index (χ2v) is 4.28. The first-order valence-corrected chi connectivity index (χ1v) is 6.13. The Kier molecular flexibility index (Phi) is 6.45. The summed E-state index contributed by atoms with van der Waals surface area (Å²) in [4.78, 5) is 13.0. The fourth-order valence-corrected chi connectivity index (χ4v) is 1.99. The zero-order valence-electron chi connectivity index (χ0n) is 11.6. The zero-order valence-corrected chi connectivity index (χ0v) is 11.6. The van der Waals surface area contributed by atoms with E-state index in [1.807, 2.05) is 11.8 Å². The molecule has 0 saturated heterocycles. The normalized spacial score (nSPS) is 12.2. The van der Waals surface area contributed by atoms with Gasteiger partial charge in [0, 0.05) is 26.8 Å². The maximum atomic E-state index is 13.7. The molecule has 1 rings (SSSR count). The lowest BCUT2D eigenvalue weighted by Gasteiger charge is -2.31. The van der Waals surface area contributed by atoms with Crippen molar-refractivity contribution in [2.45, 2.75) is 13.0 Å². The van der Waals surface area contributed by atoms with Gasteiger partial charge in [-0.1, -0.05) is 6.07 Å². The number of ether oxygens (including phenoxy) is 2. The molecule has 0 spiro atoms. The van der Waals surface area contributed by atoms with Crippen molar-refractivity contribution < 1.29 is 18.7 Å². The van der Waals surface area contributed by atoms with Crippen molar-refractivity contribution in [2.75, 3.05) is 38.9 Å². The minimum atomic E-state index is -0.514. The van der Waals surface area contributed by atoms with Gasteiger partial charge in [0.1, 0.15) is 5.82 Å². The molecule has 5 heteroatoms. The van der Waals surface area contributed by atoms with Gasteiger partial charge < -0.3 is 14.4 Å². The van der Waals surface area contributed by atoms with E-state index in [-0.39, 0.29) is 11.6 Å². The Morgan fingerprint density at radius 2 is 2.11 bits per heavy atom. The number of nitrogens with zero attached hydrogens (tertiary/aromatic N) is 1. The van der Waals surface area contributed by atoms with Crippen molar-refractivity contribution >= 4 is 12.0 Å².